The highest BCUT2D eigenvalue weighted by molar-refractivity contribution is 5.67. The lowest BCUT2D eigenvalue weighted by molar-refractivity contribution is -0.138. The summed E-state index contributed by atoms with van der Waals surface area (Å²) >= 11 is 0. The van der Waals surface area contributed by atoms with Gasteiger partial charge in [0, 0.05) is 25.6 Å². The molecule has 2 heterocycles. The normalized spacial score (nSPS) is 19.2. The molecule has 1 aliphatic rings. The van der Waals surface area contributed by atoms with Crippen molar-refractivity contribution in [1.82, 2.24) is 9.97 Å². The molecule has 0 saturated carbocycles. The van der Waals surface area contributed by atoms with Crippen LogP contribution in [0, 0.1) is 5.92 Å². The van der Waals surface area contributed by atoms with Gasteiger partial charge in [0.1, 0.15) is 12.1 Å². The van der Waals surface area contributed by atoms with Gasteiger partial charge in [0.05, 0.1) is 6.61 Å². The van der Waals surface area contributed by atoms with Gasteiger partial charge in [0.15, 0.2) is 0 Å². The number of carboxylic acid groups (broad SMARTS) is 1. The molecule has 0 bridgehead atoms. The molecular formula is C13H19N3O3. The van der Waals surface area contributed by atoms with Gasteiger partial charge in [-0.2, -0.15) is 0 Å². The van der Waals surface area contributed by atoms with Crippen molar-refractivity contribution in [2.45, 2.75) is 26.2 Å². The lowest BCUT2D eigenvalue weighted by Crippen LogP contribution is -2.36. The molecule has 1 saturated heterocycles. The van der Waals surface area contributed by atoms with E-state index in [1.54, 1.807) is 0 Å². The lowest BCUT2D eigenvalue weighted by Gasteiger charge is -2.32. The zero-order valence-corrected chi connectivity index (χ0v) is 11.1. The molecule has 1 N–H and O–H groups in total. The molecule has 1 aromatic rings. The fraction of sp³-hybridized carbons (Fsp3) is 0.615. The first-order chi connectivity index (χ1) is 9.19. The summed E-state index contributed by atoms with van der Waals surface area (Å²) in [5.74, 6) is 0.836. The summed E-state index contributed by atoms with van der Waals surface area (Å²) in [7, 11) is 0. The Bertz CT molecular complexity index is 439. The summed E-state index contributed by atoms with van der Waals surface area (Å²) < 4.78 is 5.36. The van der Waals surface area contributed by atoms with Gasteiger partial charge in [-0.3, -0.25) is 4.79 Å². The maximum Gasteiger partial charge on any atom is 0.303 e. The van der Waals surface area contributed by atoms with Crippen LogP contribution < -0.4 is 9.64 Å². The van der Waals surface area contributed by atoms with Gasteiger partial charge in [-0.25, -0.2) is 9.97 Å². The average molecular weight is 265 g/mol. The van der Waals surface area contributed by atoms with E-state index in [2.05, 4.69) is 14.9 Å². The Balaban J connectivity index is 2.04. The lowest BCUT2D eigenvalue weighted by atomic mass is 9.95. The smallest absolute Gasteiger partial charge is 0.303 e. The highest BCUT2D eigenvalue weighted by Crippen LogP contribution is 2.24. The van der Waals surface area contributed by atoms with E-state index in [1.807, 2.05) is 13.0 Å². The van der Waals surface area contributed by atoms with Crippen LogP contribution in [0.3, 0.4) is 0 Å². The van der Waals surface area contributed by atoms with Gasteiger partial charge in [-0.1, -0.05) is 0 Å². The second-order valence-corrected chi connectivity index (χ2v) is 4.70. The van der Waals surface area contributed by atoms with Crippen LogP contribution in [0.25, 0.3) is 0 Å². The first-order valence-corrected chi connectivity index (χ1v) is 6.60. The molecule has 1 fully saturated rings. The van der Waals surface area contributed by atoms with Gasteiger partial charge in [0.2, 0.25) is 5.88 Å². The van der Waals surface area contributed by atoms with Crippen LogP contribution >= 0.6 is 0 Å². The Labute approximate surface area is 112 Å². The van der Waals surface area contributed by atoms with E-state index < -0.39 is 5.97 Å². The first kappa shape index (κ1) is 13.6. The van der Waals surface area contributed by atoms with E-state index >= 15 is 0 Å². The van der Waals surface area contributed by atoms with Crippen LogP contribution in [-0.2, 0) is 4.79 Å². The molecule has 104 valence electrons. The van der Waals surface area contributed by atoms with Gasteiger partial charge in [0.25, 0.3) is 0 Å². The van der Waals surface area contributed by atoms with Crippen molar-refractivity contribution in [1.29, 1.82) is 0 Å². The number of hydrogen-bond donors (Lipinski definition) is 1. The van der Waals surface area contributed by atoms with E-state index in [1.165, 1.54) is 6.33 Å². The molecule has 0 amide bonds. The zero-order valence-electron chi connectivity index (χ0n) is 11.1. The largest absolute Gasteiger partial charge is 0.481 e. The van der Waals surface area contributed by atoms with Crippen molar-refractivity contribution in [2.75, 3.05) is 24.6 Å². The van der Waals surface area contributed by atoms with Crippen LogP contribution in [-0.4, -0.2) is 40.7 Å². The Morgan fingerprint density at radius 1 is 1.58 bits per heavy atom. The molecule has 6 heteroatoms. The highest BCUT2D eigenvalue weighted by atomic mass is 16.5. The van der Waals surface area contributed by atoms with Crippen LogP contribution in [0.4, 0.5) is 5.82 Å². The highest BCUT2D eigenvalue weighted by Gasteiger charge is 2.23. The second-order valence-electron chi connectivity index (χ2n) is 4.70. The second kappa shape index (κ2) is 6.36. The summed E-state index contributed by atoms with van der Waals surface area (Å²) in [6, 6.07) is 1.81. The number of carboxylic acids is 1. The summed E-state index contributed by atoms with van der Waals surface area (Å²) in [4.78, 5) is 21.2. The first-order valence-electron chi connectivity index (χ1n) is 6.60. The predicted octanol–water partition coefficient (Wildman–Crippen LogP) is 1.57. The molecule has 0 spiro atoms. The van der Waals surface area contributed by atoms with E-state index in [9.17, 15) is 4.79 Å². The molecule has 1 atom stereocenters. The fourth-order valence-electron chi connectivity index (χ4n) is 2.42. The monoisotopic (exact) mass is 265 g/mol. The molecule has 6 nitrogen and oxygen atoms in total. The van der Waals surface area contributed by atoms with E-state index in [4.69, 9.17) is 9.84 Å². The van der Waals surface area contributed by atoms with Crippen LogP contribution in [0.2, 0.25) is 0 Å². The Morgan fingerprint density at radius 2 is 2.42 bits per heavy atom. The number of ether oxygens (including phenoxy) is 1. The minimum absolute atomic E-state index is 0.191. The van der Waals surface area contributed by atoms with Gasteiger partial charge in [-0.15, -0.1) is 0 Å². The molecule has 1 aliphatic heterocycles. The van der Waals surface area contributed by atoms with Crippen molar-refractivity contribution in [3.05, 3.63) is 12.4 Å². The van der Waals surface area contributed by atoms with Crippen LogP contribution in [0.5, 0.6) is 5.88 Å². The van der Waals surface area contributed by atoms with Crippen LogP contribution in [0.1, 0.15) is 26.2 Å². The molecule has 1 unspecified atom stereocenters. The number of piperidine rings is 1. The fourth-order valence-corrected chi connectivity index (χ4v) is 2.42. The third kappa shape index (κ3) is 3.81. The van der Waals surface area contributed by atoms with E-state index in [0.717, 1.165) is 31.7 Å². The summed E-state index contributed by atoms with van der Waals surface area (Å²) in [5.41, 5.74) is 0. The molecule has 0 aliphatic carbocycles. The van der Waals surface area contributed by atoms with Gasteiger partial charge < -0.3 is 14.7 Å². The van der Waals surface area contributed by atoms with Crippen molar-refractivity contribution >= 4 is 11.8 Å². The standard InChI is InChI=1S/C13H19N3O3/c1-2-19-12-7-11(14-9-15-12)16-5-3-4-10(8-16)6-13(17)18/h7,9-10H,2-6,8H2,1H3,(H,17,18). The SMILES string of the molecule is CCOc1cc(N2CCCC(CC(=O)O)C2)ncn1. The molecule has 19 heavy (non-hydrogen) atoms. The summed E-state index contributed by atoms with van der Waals surface area (Å²) in [6.45, 7) is 4.11. The quantitative estimate of drug-likeness (QED) is 0.871. The number of nitrogens with zero attached hydrogens (tertiary/aromatic N) is 3. The number of anilines is 1. The number of rotatable bonds is 5. The minimum Gasteiger partial charge on any atom is -0.481 e. The number of aliphatic carboxylic acids is 1. The maximum atomic E-state index is 10.8. The topological polar surface area (TPSA) is 75.5 Å². The number of aromatic nitrogens is 2. The van der Waals surface area contributed by atoms with Crippen molar-refractivity contribution in [3.8, 4) is 5.88 Å². The van der Waals surface area contributed by atoms with Gasteiger partial charge >= 0.3 is 5.97 Å². The van der Waals surface area contributed by atoms with E-state index in [-0.39, 0.29) is 12.3 Å². The van der Waals surface area contributed by atoms with Crippen molar-refractivity contribution in [2.24, 2.45) is 5.92 Å². The van der Waals surface area contributed by atoms with E-state index in [0.29, 0.717) is 12.5 Å². The maximum absolute atomic E-state index is 10.8. The molecule has 0 aromatic carbocycles. The zero-order chi connectivity index (χ0) is 13.7. The summed E-state index contributed by atoms with van der Waals surface area (Å²) in [5, 5.41) is 8.87. The van der Waals surface area contributed by atoms with Crippen LogP contribution in [0.15, 0.2) is 12.4 Å². The minimum atomic E-state index is -0.732. The average Bonchev–Trinajstić information content (AvgIpc) is 2.39. The number of carbonyl (C=O) groups is 1. The Hall–Kier alpha value is -1.85. The third-order valence-corrected chi connectivity index (χ3v) is 3.23. The van der Waals surface area contributed by atoms with Crippen molar-refractivity contribution < 1.29 is 14.6 Å². The molecular weight excluding hydrogens is 246 g/mol. The van der Waals surface area contributed by atoms with Gasteiger partial charge in [-0.05, 0) is 25.7 Å². The van der Waals surface area contributed by atoms with Crippen molar-refractivity contribution in [3.63, 3.8) is 0 Å². The Kier molecular flexibility index (Phi) is 4.54. The molecule has 0 radical (unpaired) electrons. The Morgan fingerprint density at radius 3 is 3.16 bits per heavy atom. The third-order valence-electron chi connectivity index (χ3n) is 3.23. The number of hydrogen-bond acceptors (Lipinski definition) is 5. The molecule has 2 rings (SSSR count). The predicted molar refractivity (Wildman–Crippen MR) is 70.4 cm³/mol. The molecule has 1 aromatic heterocycles. The summed E-state index contributed by atoms with van der Waals surface area (Å²) in [6.07, 6.45) is 3.67.